The number of furan rings is 1. The normalized spacial score (nSPS) is 11.9. The van der Waals surface area contributed by atoms with Crippen molar-refractivity contribution >= 4 is 22.7 Å². The zero-order valence-electron chi connectivity index (χ0n) is 15.5. The molecule has 5 heteroatoms. The summed E-state index contributed by atoms with van der Waals surface area (Å²) in [4.78, 5) is 24.4. The number of carbonyl (C=O) groups excluding carboxylic acids is 2. The van der Waals surface area contributed by atoms with Crippen LogP contribution in [-0.4, -0.2) is 18.3 Å². The Hall–Kier alpha value is -3.08. The van der Waals surface area contributed by atoms with Gasteiger partial charge in [-0.1, -0.05) is 18.2 Å². The van der Waals surface area contributed by atoms with E-state index < -0.39 is 0 Å². The smallest absolute Gasteiger partial charge is 0.221 e. The Morgan fingerprint density at radius 2 is 1.81 bits per heavy atom. The third kappa shape index (κ3) is 4.76. The minimum absolute atomic E-state index is 0.0652. The molecule has 1 heterocycles. The Balaban J connectivity index is 1.51. The van der Waals surface area contributed by atoms with E-state index in [-0.39, 0.29) is 30.6 Å². The van der Waals surface area contributed by atoms with E-state index in [1.54, 1.807) is 24.3 Å². The maximum Gasteiger partial charge on any atom is 0.221 e. The van der Waals surface area contributed by atoms with Gasteiger partial charge < -0.3 is 14.5 Å². The van der Waals surface area contributed by atoms with Gasteiger partial charge in [0.05, 0.1) is 12.6 Å². The number of ether oxygens (including phenoxy) is 1. The molecule has 27 heavy (non-hydrogen) atoms. The van der Waals surface area contributed by atoms with Crippen molar-refractivity contribution in [3.05, 3.63) is 65.9 Å². The van der Waals surface area contributed by atoms with Crippen LogP contribution >= 0.6 is 0 Å². The predicted octanol–water partition coefficient (Wildman–Crippen LogP) is 4.67. The number of Topliss-reactive ketones (excluding diaryl/α,β-unsaturated/α-hetero) is 1. The van der Waals surface area contributed by atoms with E-state index in [0.717, 1.165) is 16.7 Å². The number of hydrogen-bond donors (Lipinski definition) is 1. The lowest BCUT2D eigenvalue weighted by molar-refractivity contribution is -0.121. The highest BCUT2D eigenvalue weighted by Crippen LogP contribution is 2.23. The number of hydrogen-bond acceptors (Lipinski definition) is 4. The highest BCUT2D eigenvalue weighted by molar-refractivity contribution is 5.98. The highest BCUT2D eigenvalue weighted by atomic mass is 16.5. The summed E-state index contributed by atoms with van der Waals surface area (Å²) in [5.41, 5.74) is 1.37. The van der Waals surface area contributed by atoms with Gasteiger partial charge in [-0.25, -0.2) is 0 Å². The number of rotatable bonds is 8. The molecule has 1 atom stereocenters. The molecular formula is C22H23NO4. The number of benzene rings is 2. The van der Waals surface area contributed by atoms with Crippen LogP contribution in [0.25, 0.3) is 11.0 Å². The number of ketones is 1. The van der Waals surface area contributed by atoms with Crippen molar-refractivity contribution in [1.29, 1.82) is 0 Å². The zero-order valence-corrected chi connectivity index (χ0v) is 15.5. The molecule has 1 amide bonds. The van der Waals surface area contributed by atoms with Crippen molar-refractivity contribution in [1.82, 2.24) is 5.32 Å². The maximum atomic E-state index is 12.3. The Morgan fingerprint density at radius 1 is 1.07 bits per heavy atom. The van der Waals surface area contributed by atoms with Gasteiger partial charge in [-0.2, -0.15) is 0 Å². The molecule has 0 bridgehead atoms. The van der Waals surface area contributed by atoms with Crippen molar-refractivity contribution in [2.75, 3.05) is 6.61 Å². The summed E-state index contributed by atoms with van der Waals surface area (Å²) in [5, 5.41) is 3.88. The lowest BCUT2D eigenvalue weighted by atomic mass is 10.1. The largest absolute Gasteiger partial charge is 0.494 e. The van der Waals surface area contributed by atoms with Gasteiger partial charge in [0.1, 0.15) is 17.1 Å². The molecule has 5 nitrogen and oxygen atoms in total. The molecule has 0 fully saturated rings. The first kappa shape index (κ1) is 18.7. The first-order chi connectivity index (χ1) is 13.1. The zero-order chi connectivity index (χ0) is 19.2. The second-order valence-electron chi connectivity index (χ2n) is 6.36. The molecule has 0 saturated heterocycles. The molecule has 0 saturated carbocycles. The molecule has 0 unspecified atom stereocenters. The van der Waals surface area contributed by atoms with Crippen LogP contribution in [-0.2, 0) is 4.79 Å². The van der Waals surface area contributed by atoms with Crippen LogP contribution in [0.15, 0.2) is 59.0 Å². The Labute approximate surface area is 158 Å². The van der Waals surface area contributed by atoms with Gasteiger partial charge in [0.2, 0.25) is 5.91 Å². The molecule has 0 spiro atoms. The molecule has 0 aliphatic carbocycles. The number of carbonyl (C=O) groups is 2. The van der Waals surface area contributed by atoms with Crippen LogP contribution < -0.4 is 10.1 Å². The number of fused-ring (bicyclic) bond motifs is 1. The van der Waals surface area contributed by atoms with Crippen LogP contribution in [0.2, 0.25) is 0 Å². The fourth-order valence-corrected chi connectivity index (χ4v) is 2.88. The van der Waals surface area contributed by atoms with Crippen LogP contribution in [0.3, 0.4) is 0 Å². The van der Waals surface area contributed by atoms with E-state index in [1.165, 1.54) is 0 Å². The summed E-state index contributed by atoms with van der Waals surface area (Å²) < 4.78 is 11.1. The average molecular weight is 365 g/mol. The topological polar surface area (TPSA) is 68.5 Å². The fourth-order valence-electron chi connectivity index (χ4n) is 2.88. The second kappa shape index (κ2) is 8.54. The minimum atomic E-state index is -0.259. The van der Waals surface area contributed by atoms with E-state index in [9.17, 15) is 9.59 Å². The summed E-state index contributed by atoms with van der Waals surface area (Å²) >= 11 is 0. The molecule has 0 radical (unpaired) electrons. The van der Waals surface area contributed by atoms with E-state index in [2.05, 4.69) is 5.32 Å². The average Bonchev–Trinajstić information content (AvgIpc) is 3.11. The Kier molecular flexibility index (Phi) is 5.91. The van der Waals surface area contributed by atoms with Crippen molar-refractivity contribution < 1.29 is 18.7 Å². The minimum Gasteiger partial charge on any atom is -0.494 e. The number of nitrogens with one attached hydrogen (secondary N) is 1. The van der Waals surface area contributed by atoms with Crippen molar-refractivity contribution in [2.45, 2.75) is 32.7 Å². The van der Waals surface area contributed by atoms with E-state index in [1.807, 2.05) is 44.2 Å². The summed E-state index contributed by atoms with van der Waals surface area (Å²) in [6.45, 7) is 4.35. The van der Waals surface area contributed by atoms with E-state index >= 15 is 0 Å². The van der Waals surface area contributed by atoms with Gasteiger partial charge in [0.25, 0.3) is 0 Å². The molecule has 1 aromatic heterocycles. The second-order valence-corrected chi connectivity index (χ2v) is 6.36. The van der Waals surface area contributed by atoms with E-state index in [4.69, 9.17) is 9.15 Å². The van der Waals surface area contributed by atoms with Crippen molar-refractivity contribution in [3.8, 4) is 5.75 Å². The van der Waals surface area contributed by atoms with Gasteiger partial charge in [0, 0.05) is 23.8 Å². The Morgan fingerprint density at radius 3 is 2.52 bits per heavy atom. The van der Waals surface area contributed by atoms with Gasteiger partial charge >= 0.3 is 0 Å². The lowest BCUT2D eigenvalue weighted by Crippen LogP contribution is -2.26. The summed E-state index contributed by atoms with van der Waals surface area (Å²) in [6, 6.07) is 16.3. The first-order valence-corrected chi connectivity index (χ1v) is 9.10. The van der Waals surface area contributed by atoms with Gasteiger partial charge in [-0.3, -0.25) is 9.59 Å². The van der Waals surface area contributed by atoms with Crippen LogP contribution in [0.5, 0.6) is 5.75 Å². The summed E-state index contributed by atoms with van der Waals surface area (Å²) in [5.74, 6) is 1.18. The third-order valence-electron chi connectivity index (χ3n) is 4.32. The SMILES string of the molecule is CCOc1ccc(C(=O)CCC(=O)N[C@@H](C)c2cc3ccccc3o2)cc1. The van der Waals surface area contributed by atoms with Crippen LogP contribution in [0.1, 0.15) is 48.8 Å². The van der Waals surface area contributed by atoms with E-state index in [0.29, 0.717) is 17.9 Å². The monoisotopic (exact) mass is 365 g/mol. The molecule has 1 N–H and O–H groups in total. The number of amides is 1. The van der Waals surface area contributed by atoms with Crippen LogP contribution in [0, 0.1) is 0 Å². The fraction of sp³-hybridized carbons (Fsp3) is 0.273. The predicted molar refractivity (Wildman–Crippen MR) is 104 cm³/mol. The van der Waals surface area contributed by atoms with Crippen molar-refractivity contribution in [3.63, 3.8) is 0 Å². The highest BCUT2D eigenvalue weighted by Gasteiger charge is 2.15. The summed E-state index contributed by atoms with van der Waals surface area (Å²) in [6.07, 6.45) is 0.295. The van der Waals surface area contributed by atoms with Crippen LogP contribution in [0.4, 0.5) is 0 Å². The Bertz CT molecular complexity index is 894. The molecule has 2 aromatic carbocycles. The number of para-hydroxylation sites is 1. The molecular weight excluding hydrogens is 342 g/mol. The first-order valence-electron chi connectivity index (χ1n) is 9.10. The molecule has 0 aliphatic rings. The standard InChI is InChI=1S/C22H23NO4/c1-3-26-18-10-8-16(9-11-18)19(24)12-13-22(25)23-15(2)21-14-17-6-4-5-7-20(17)27-21/h4-11,14-15H,3,12-13H2,1-2H3,(H,23,25)/t15-/m0/s1. The van der Waals surface area contributed by atoms with Gasteiger partial charge in [-0.05, 0) is 50.2 Å². The summed E-state index contributed by atoms with van der Waals surface area (Å²) in [7, 11) is 0. The molecule has 0 aliphatic heterocycles. The molecule has 3 rings (SSSR count). The molecule has 3 aromatic rings. The quantitative estimate of drug-likeness (QED) is 0.589. The third-order valence-corrected chi connectivity index (χ3v) is 4.32. The van der Waals surface area contributed by atoms with Gasteiger partial charge in [0.15, 0.2) is 5.78 Å². The van der Waals surface area contributed by atoms with Crippen molar-refractivity contribution in [2.24, 2.45) is 0 Å². The lowest BCUT2D eigenvalue weighted by Gasteiger charge is -2.11. The molecule has 140 valence electrons. The maximum absolute atomic E-state index is 12.3. The van der Waals surface area contributed by atoms with Gasteiger partial charge in [-0.15, -0.1) is 0 Å².